The van der Waals surface area contributed by atoms with E-state index in [0.29, 0.717) is 29.2 Å². The third-order valence-electron chi connectivity index (χ3n) is 4.31. The Morgan fingerprint density at radius 2 is 1.93 bits per heavy atom. The lowest BCUT2D eigenvalue weighted by molar-refractivity contribution is -0.116. The van der Waals surface area contributed by atoms with Crippen LogP contribution in [-0.2, 0) is 16.6 Å². The molecule has 3 rings (SSSR count). The molecule has 2 aromatic heterocycles. The molecule has 3 aromatic rings. The van der Waals surface area contributed by atoms with Gasteiger partial charge in [0.05, 0.1) is 0 Å². The van der Waals surface area contributed by atoms with Gasteiger partial charge in [-0.3, -0.25) is 9.59 Å². The van der Waals surface area contributed by atoms with E-state index in [-0.39, 0.29) is 17.2 Å². The van der Waals surface area contributed by atoms with E-state index in [1.54, 1.807) is 41.7 Å². The van der Waals surface area contributed by atoms with Crippen LogP contribution in [0.3, 0.4) is 0 Å². The molecule has 0 aliphatic rings. The van der Waals surface area contributed by atoms with Crippen molar-refractivity contribution in [2.75, 3.05) is 10.6 Å². The van der Waals surface area contributed by atoms with Crippen LogP contribution in [0.2, 0.25) is 0 Å². The van der Waals surface area contributed by atoms with E-state index >= 15 is 0 Å². The van der Waals surface area contributed by atoms with Crippen LogP contribution in [-0.4, -0.2) is 17.0 Å². The zero-order valence-electron chi connectivity index (χ0n) is 16.8. The largest absolute Gasteiger partial charge is 0.359 e. The molecule has 0 aliphatic carbocycles. The van der Waals surface area contributed by atoms with E-state index in [4.69, 9.17) is 4.52 Å². The van der Waals surface area contributed by atoms with Gasteiger partial charge in [-0.25, -0.2) is 0 Å². The number of hydrogen-bond donors (Lipinski definition) is 2. The van der Waals surface area contributed by atoms with Gasteiger partial charge in [-0.2, -0.15) is 0 Å². The number of rotatable bonds is 7. The third-order valence-corrected chi connectivity index (χ3v) is 5.24. The summed E-state index contributed by atoms with van der Waals surface area (Å²) >= 11 is 1.70. The number of carbonyl (C=O) groups is 2. The van der Waals surface area contributed by atoms with Gasteiger partial charge in [-0.05, 0) is 42.5 Å². The number of aromatic nitrogens is 1. The average Bonchev–Trinajstić information content (AvgIpc) is 3.33. The van der Waals surface area contributed by atoms with Gasteiger partial charge in [0.15, 0.2) is 5.82 Å². The minimum atomic E-state index is -0.312. The topological polar surface area (TPSA) is 84.2 Å². The van der Waals surface area contributed by atoms with Crippen LogP contribution in [0, 0.1) is 0 Å². The number of carbonyl (C=O) groups excluding carboxylic acids is 2. The monoisotopic (exact) mass is 411 g/mol. The number of aryl methyl sites for hydroxylation is 1. The second kappa shape index (κ2) is 9.05. The standard InChI is InChI=1S/C22H25N3O3S/c1-22(2,3)18-14-19(25-28-18)24-21(27)15-7-4-8-16(13-15)23-20(26)11-5-9-17-10-6-12-29-17/h4,6-8,10,12-14H,5,9,11H2,1-3H3,(H,23,26)(H,24,25,27). The molecule has 0 bridgehead atoms. The third kappa shape index (κ3) is 6.02. The number of hydrogen-bond acceptors (Lipinski definition) is 5. The van der Waals surface area contributed by atoms with Crippen molar-refractivity contribution in [1.29, 1.82) is 0 Å². The maximum Gasteiger partial charge on any atom is 0.256 e. The minimum absolute atomic E-state index is 0.0644. The van der Waals surface area contributed by atoms with Crippen LogP contribution < -0.4 is 10.6 Å². The van der Waals surface area contributed by atoms with Crippen LogP contribution in [0.15, 0.2) is 52.4 Å². The Hall–Kier alpha value is -2.93. The van der Waals surface area contributed by atoms with Crippen molar-refractivity contribution < 1.29 is 14.1 Å². The lowest BCUT2D eigenvalue weighted by atomic mass is 9.93. The van der Waals surface area contributed by atoms with Crippen molar-refractivity contribution in [3.8, 4) is 0 Å². The second-order valence-electron chi connectivity index (χ2n) is 7.84. The summed E-state index contributed by atoms with van der Waals surface area (Å²) in [5, 5.41) is 11.5. The summed E-state index contributed by atoms with van der Waals surface area (Å²) < 4.78 is 5.29. The fourth-order valence-electron chi connectivity index (χ4n) is 2.72. The molecule has 0 saturated heterocycles. The zero-order valence-corrected chi connectivity index (χ0v) is 17.6. The van der Waals surface area contributed by atoms with Crippen molar-refractivity contribution in [3.05, 3.63) is 64.0 Å². The SMILES string of the molecule is CC(C)(C)c1cc(NC(=O)c2cccc(NC(=O)CCCc3cccs3)c2)no1. The van der Waals surface area contributed by atoms with E-state index in [1.807, 2.05) is 32.2 Å². The Bertz CT molecular complexity index is 971. The van der Waals surface area contributed by atoms with Crippen LogP contribution in [0.5, 0.6) is 0 Å². The van der Waals surface area contributed by atoms with Crippen LogP contribution in [0.4, 0.5) is 11.5 Å². The van der Waals surface area contributed by atoms with Crippen molar-refractivity contribution in [2.24, 2.45) is 0 Å². The maximum atomic E-state index is 12.5. The first-order valence-corrected chi connectivity index (χ1v) is 10.4. The summed E-state index contributed by atoms with van der Waals surface area (Å²) in [6.07, 6.45) is 2.11. The Morgan fingerprint density at radius 1 is 1.10 bits per heavy atom. The number of anilines is 2. The van der Waals surface area contributed by atoms with Gasteiger partial charge in [-0.1, -0.05) is 38.1 Å². The van der Waals surface area contributed by atoms with Crippen molar-refractivity contribution >= 4 is 34.7 Å². The normalized spacial score (nSPS) is 11.3. The predicted molar refractivity (Wildman–Crippen MR) is 115 cm³/mol. The van der Waals surface area contributed by atoms with Crippen LogP contribution in [0.1, 0.15) is 54.6 Å². The molecule has 2 amide bonds. The summed E-state index contributed by atoms with van der Waals surface area (Å²) in [5.74, 6) is 0.678. The summed E-state index contributed by atoms with van der Waals surface area (Å²) in [7, 11) is 0. The first-order valence-electron chi connectivity index (χ1n) is 9.52. The van der Waals surface area contributed by atoms with E-state index in [0.717, 1.165) is 12.8 Å². The Balaban J connectivity index is 1.54. The highest BCUT2D eigenvalue weighted by Gasteiger charge is 2.20. The Kier molecular flexibility index (Phi) is 6.49. The van der Waals surface area contributed by atoms with E-state index in [1.165, 1.54) is 4.88 Å². The van der Waals surface area contributed by atoms with Crippen molar-refractivity contribution in [2.45, 2.75) is 45.4 Å². The smallest absolute Gasteiger partial charge is 0.256 e. The van der Waals surface area contributed by atoms with E-state index in [2.05, 4.69) is 21.9 Å². The van der Waals surface area contributed by atoms with Crippen LogP contribution >= 0.6 is 11.3 Å². The zero-order chi connectivity index (χ0) is 20.9. The molecule has 6 nitrogen and oxygen atoms in total. The molecule has 0 atom stereocenters. The molecule has 152 valence electrons. The van der Waals surface area contributed by atoms with Gasteiger partial charge in [0.2, 0.25) is 5.91 Å². The number of nitrogens with one attached hydrogen (secondary N) is 2. The summed E-state index contributed by atoms with van der Waals surface area (Å²) in [6, 6.07) is 12.6. The first-order chi connectivity index (χ1) is 13.8. The molecular weight excluding hydrogens is 386 g/mol. The molecule has 29 heavy (non-hydrogen) atoms. The Morgan fingerprint density at radius 3 is 2.62 bits per heavy atom. The molecule has 0 saturated carbocycles. The highest BCUT2D eigenvalue weighted by atomic mass is 32.1. The highest BCUT2D eigenvalue weighted by Crippen LogP contribution is 2.24. The first kappa shape index (κ1) is 20.8. The summed E-state index contributed by atoms with van der Waals surface area (Å²) in [4.78, 5) is 26.0. The summed E-state index contributed by atoms with van der Waals surface area (Å²) in [5.41, 5.74) is 0.833. The highest BCUT2D eigenvalue weighted by molar-refractivity contribution is 7.09. The number of benzene rings is 1. The molecular formula is C22H25N3O3S. The molecule has 0 radical (unpaired) electrons. The molecule has 0 unspecified atom stereocenters. The van der Waals surface area contributed by atoms with Gasteiger partial charge in [0.1, 0.15) is 5.76 Å². The quantitative estimate of drug-likeness (QED) is 0.556. The number of thiophene rings is 1. The van der Waals surface area contributed by atoms with Gasteiger partial charge in [0.25, 0.3) is 5.91 Å². The molecule has 1 aromatic carbocycles. The lowest BCUT2D eigenvalue weighted by Crippen LogP contribution is -2.14. The molecule has 2 N–H and O–H groups in total. The second-order valence-corrected chi connectivity index (χ2v) is 8.87. The lowest BCUT2D eigenvalue weighted by Gasteiger charge is -2.12. The molecule has 0 fully saturated rings. The van der Waals surface area contributed by atoms with Gasteiger partial charge < -0.3 is 15.2 Å². The predicted octanol–water partition coefficient (Wildman–Crippen LogP) is 5.25. The van der Waals surface area contributed by atoms with Crippen molar-refractivity contribution in [3.63, 3.8) is 0 Å². The average molecular weight is 412 g/mol. The van der Waals surface area contributed by atoms with E-state index < -0.39 is 0 Å². The van der Waals surface area contributed by atoms with Crippen molar-refractivity contribution in [1.82, 2.24) is 5.16 Å². The molecule has 0 aliphatic heterocycles. The molecule has 7 heteroatoms. The number of amides is 2. The van der Waals surface area contributed by atoms with Crippen LogP contribution in [0.25, 0.3) is 0 Å². The van der Waals surface area contributed by atoms with Gasteiger partial charge in [0, 0.05) is 34.0 Å². The molecule has 2 heterocycles. The number of nitrogens with zero attached hydrogens (tertiary/aromatic N) is 1. The van der Waals surface area contributed by atoms with E-state index in [9.17, 15) is 9.59 Å². The Labute approximate surface area is 174 Å². The fraction of sp³-hybridized carbons (Fsp3) is 0.318. The van der Waals surface area contributed by atoms with Gasteiger partial charge in [-0.15, -0.1) is 11.3 Å². The maximum absolute atomic E-state index is 12.5. The summed E-state index contributed by atoms with van der Waals surface area (Å²) in [6.45, 7) is 6.02. The fourth-order valence-corrected chi connectivity index (χ4v) is 3.47. The molecule has 0 spiro atoms. The minimum Gasteiger partial charge on any atom is -0.359 e. The van der Waals surface area contributed by atoms with Gasteiger partial charge >= 0.3 is 0 Å².